The second-order valence-electron chi connectivity index (χ2n) is 6.12. The molecule has 0 aliphatic rings. The molecule has 114 valence electrons. The number of anilines is 1. The van der Waals surface area contributed by atoms with E-state index in [0.29, 0.717) is 11.8 Å². The molecule has 1 unspecified atom stereocenters. The standard InChI is InChI=1S/C18H27N3/c1-5-11-21-17(19)16(20-18(21)13(2)3)12-14(4)15-9-7-6-8-10-15/h6-10,13-14H,5,11-12,19H2,1-4H3. The van der Waals surface area contributed by atoms with E-state index in [1.165, 1.54) is 5.56 Å². The van der Waals surface area contributed by atoms with Gasteiger partial charge >= 0.3 is 0 Å². The van der Waals surface area contributed by atoms with E-state index in [9.17, 15) is 0 Å². The van der Waals surface area contributed by atoms with Crippen LogP contribution in [0.25, 0.3) is 0 Å². The highest BCUT2D eigenvalue weighted by atomic mass is 15.1. The number of rotatable bonds is 6. The average molecular weight is 285 g/mol. The maximum absolute atomic E-state index is 6.35. The zero-order valence-electron chi connectivity index (χ0n) is 13.6. The molecule has 3 heteroatoms. The number of nitrogen functional groups attached to an aromatic ring is 1. The normalized spacial score (nSPS) is 12.8. The Labute approximate surface area is 128 Å². The molecule has 0 bridgehead atoms. The van der Waals surface area contributed by atoms with Gasteiger partial charge in [-0.15, -0.1) is 0 Å². The zero-order chi connectivity index (χ0) is 15.4. The molecule has 1 aromatic carbocycles. The van der Waals surface area contributed by atoms with E-state index in [1.807, 2.05) is 0 Å². The summed E-state index contributed by atoms with van der Waals surface area (Å²) in [6.45, 7) is 9.72. The molecule has 0 fully saturated rings. The Hall–Kier alpha value is -1.77. The first-order valence-corrected chi connectivity index (χ1v) is 7.94. The first-order valence-electron chi connectivity index (χ1n) is 7.94. The van der Waals surface area contributed by atoms with E-state index in [1.54, 1.807) is 0 Å². The third-order valence-corrected chi connectivity index (χ3v) is 3.94. The maximum atomic E-state index is 6.35. The van der Waals surface area contributed by atoms with Crippen molar-refractivity contribution in [2.75, 3.05) is 5.73 Å². The monoisotopic (exact) mass is 285 g/mol. The number of nitrogens with two attached hydrogens (primary N) is 1. The molecule has 0 radical (unpaired) electrons. The van der Waals surface area contributed by atoms with Crippen molar-refractivity contribution in [2.45, 2.75) is 58.9 Å². The Kier molecular flexibility index (Phi) is 5.05. The molecule has 3 nitrogen and oxygen atoms in total. The molecule has 0 saturated carbocycles. The topological polar surface area (TPSA) is 43.8 Å². The molecule has 0 aliphatic carbocycles. The van der Waals surface area contributed by atoms with Gasteiger partial charge in [-0.3, -0.25) is 0 Å². The molecule has 0 amide bonds. The van der Waals surface area contributed by atoms with E-state index in [2.05, 4.69) is 62.6 Å². The molecule has 1 aromatic heterocycles. The summed E-state index contributed by atoms with van der Waals surface area (Å²) in [4.78, 5) is 4.83. The minimum Gasteiger partial charge on any atom is -0.384 e. The molecule has 2 aromatic rings. The molecule has 1 atom stereocenters. The van der Waals surface area contributed by atoms with Crippen LogP contribution < -0.4 is 5.73 Å². The van der Waals surface area contributed by atoms with Crippen LogP contribution in [0, 0.1) is 0 Å². The molecule has 0 saturated heterocycles. The predicted octanol–water partition coefficient (Wildman–Crippen LogP) is 4.34. The predicted molar refractivity (Wildman–Crippen MR) is 89.6 cm³/mol. The van der Waals surface area contributed by atoms with Gasteiger partial charge in [-0.1, -0.05) is 58.0 Å². The van der Waals surface area contributed by atoms with Crippen LogP contribution in [0.15, 0.2) is 30.3 Å². The number of imidazole rings is 1. The molecular formula is C18H27N3. The smallest absolute Gasteiger partial charge is 0.126 e. The Morgan fingerprint density at radius 3 is 2.38 bits per heavy atom. The number of benzene rings is 1. The summed E-state index contributed by atoms with van der Waals surface area (Å²) in [6.07, 6.45) is 1.97. The first-order chi connectivity index (χ1) is 10.0. The van der Waals surface area contributed by atoms with Crippen molar-refractivity contribution in [3.8, 4) is 0 Å². The van der Waals surface area contributed by atoms with Crippen LogP contribution in [0.3, 0.4) is 0 Å². The van der Waals surface area contributed by atoms with Crippen molar-refractivity contribution in [3.63, 3.8) is 0 Å². The largest absolute Gasteiger partial charge is 0.384 e. The fourth-order valence-corrected chi connectivity index (χ4v) is 2.77. The van der Waals surface area contributed by atoms with Gasteiger partial charge in [0, 0.05) is 12.5 Å². The Bertz CT molecular complexity index is 570. The minimum absolute atomic E-state index is 0.402. The second kappa shape index (κ2) is 6.79. The summed E-state index contributed by atoms with van der Waals surface area (Å²) < 4.78 is 2.19. The summed E-state index contributed by atoms with van der Waals surface area (Å²) in [5.74, 6) is 2.80. The number of hydrogen-bond acceptors (Lipinski definition) is 2. The highest BCUT2D eigenvalue weighted by Gasteiger charge is 2.18. The summed E-state index contributed by atoms with van der Waals surface area (Å²) in [6, 6.07) is 10.6. The lowest BCUT2D eigenvalue weighted by Crippen LogP contribution is -2.08. The maximum Gasteiger partial charge on any atom is 0.126 e. The zero-order valence-corrected chi connectivity index (χ0v) is 13.6. The molecular weight excluding hydrogens is 258 g/mol. The molecule has 2 N–H and O–H groups in total. The van der Waals surface area contributed by atoms with E-state index in [0.717, 1.165) is 36.7 Å². The SMILES string of the molecule is CCCn1c(C(C)C)nc(CC(C)c2ccccc2)c1N. The number of nitrogens with zero attached hydrogens (tertiary/aromatic N) is 2. The van der Waals surface area contributed by atoms with Gasteiger partial charge in [0.1, 0.15) is 11.6 Å². The Morgan fingerprint density at radius 2 is 1.81 bits per heavy atom. The molecule has 21 heavy (non-hydrogen) atoms. The highest BCUT2D eigenvalue weighted by Crippen LogP contribution is 2.26. The number of hydrogen-bond donors (Lipinski definition) is 1. The summed E-state index contributed by atoms with van der Waals surface area (Å²) >= 11 is 0. The van der Waals surface area contributed by atoms with Gasteiger partial charge in [-0.05, 0) is 24.3 Å². The third kappa shape index (κ3) is 3.46. The van der Waals surface area contributed by atoms with Crippen molar-refractivity contribution in [1.82, 2.24) is 9.55 Å². The van der Waals surface area contributed by atoms with Gasteiger partial charge in [0.05, 0.1) is 5.69 Å². The Morgan fingerprint density at radius 1 is 1.14 bits per heavy atom. The summed E-state index contributed by atoms with van der Waals surface area (Å²) in [5, 5.41) is 0. The summed E-state index contributed by atoms with van der Waals surface area (Å²) in [5.41, 5.74) is 8.74. The third-order valence-electron chi connectivity index (χ3n) is 3.94. The lowest BCUT2D eigenvalue weighted by molar-refractivity contribution is 0.616. The van der Waals surface area contributed by atoms with Crippen LogP contribution >= 0.6 is 0 Å². The van der Waals surface area contributed by atoms with Crippen LogP contribution in [0.1, 0.15) is 63.0 Å². The van der Waals surface area contributed by atoms with Crippen molar-refractivity contribution >= 4 is 5.82 Å². The molecule has 0 aliphatic heterocycles. The van der Waals surface area contributed by atoms with Crippen LogP contribution in [-0.4, -0.2) is 9.55 Å². The van der Waals surface area contributed by atoms with Crippen LogP contribution in [0.4, 0.5) is 5.82 Å². The highest BCUT2D eigenvalue weighted by molar-refractivity contribution is 5.40. The lowest BCUT2D eigenvalue weighted by atomic mass is 9.96. The van der Waals surface area contributed by atoms with E-state index in [4.69, 9.17) is 10.7 Å². The minimum atomic E-state index is 0.402. The van der Waals surface area contributed by atoms with E-state index >= 15 is 0 Å². The van der Waals surface area contributed by atoms with Gasteiger partial charge in [-0.2, -0.15) is 0 Å². The fourth-order valence-electron chi connectivity index (χ4n) is 2.77. The van der Waals surface area contributed by atoms with Crippen molar-refractivity contribution < 1.29 is 0 Å². The van der Waals surface area contributed by atoms with Crippen LogP contribution in [0.5, 0.6) is 0 Å². The van der Waals surface area contributed by atoms with Gasteiger partial charge < -0.3 is 10.3 Å². The van der Waals surface area contributed by atoms with Crippen molar-refractivity contribution in [3.05, 3.63) is 47.4 Å². The average Bonchev–Trinajstić information content (AvgIpc) is 2.78. The molecule has 0 spiro atoms. The molecule has 2 rings (SSSR count). The van der Waals surface area contributed by atoms with Gasteiger partial charge in [0.2, 0.25) is 0 Å². The van der Waals surface area contributed by atoms with Crippen LogP contribution in [-0.2, 0) is 13.0 Å². The Balaban J connectivity index is 2.26. The lowest BCUT2D eigenvalue weighted by Gasteiger charge is -2.11. The number of aromatic nitrogens is 2. The van der Waals surface area contributed by atoms with Crippen molar-refractivity contribution in [2.24, 2.45) is 0 Å². The summed E-state index contributed by atoms with van der Waals surface area (Å²) in [7, 11) is 0. The quantitative estimate of drug-likeness (QED) is 0.857. The van der Waals surface area contributed by atoms with Gasteiger partial charge in [0.25, 0.3) is 0 Å². The van der Waals surface area contributed by atoms with E-state index < -0.39 is 0 Å². The first kappa shape index (κ1) is 15.6. The van der Waals surface area contributed by atoms with E-state index in [-0.39, 0.29) is 0 Å². The van der Waals surface area contributed by atoms with Gasteiger partial charge in [-0.25, -0.2) is 4.98 Å². The van der Waals surface area contributed by atoms with Crippen LogP contribution in [0.2, 0.25) is 0 Å². The second-order valence-corrected chi connectivity index (χ2v) is 6.12. The molecule has 1 heterocycles. The van der Waals surface area contributed by atoms with Gasteiger partial charge in [0.15, 0.2) is 0 Å². The fraction of sp³-hybridized carbons (Fsp3) is 0.500. The van der Waals surface area contributed by atoms with Crippen molar-refractivity contribution in [1.29, 1.82) is 0 Å².